The van der Waals surface area contributed by atoms with E-state index in [9.17, 15) is 27.9 Å². The van der Waals surface area contributed by atoms with Crippen molar-refractivity contribution in [2.45, 2.75) is 58.2 Å². The minimum atomic E-state index is -4.64. The zero-order chi connectivity index (χ0) is 31.6. The molecule has 1 unspecified atom stereocenters. The molecule has 0 radical (unpaired) electrons. The van der Waals surface area contributed by atoms with E-state index in [-0.39, 0.29) is 24.3 Å². The fraction of sp³-hybridized carbons (Fsp3) is 0.419. The summed E-state index contributed by atoms with van der Waals surface area (Å²) in [5.41, 5.74) is 10.3. The van der Waals surface area contributed by atoms with Gasteiger partial charge in [0.15, 0.2) is 0 Å². The van der Waals surface area contributed by atoms with E-state index in [1.165, 1.54) is 0 Å². The highest BCUT2D eigenvalue weighted by Gasteiger charge is 2.25. The standard InChI is InChI=1S/C29H37N5O3.C2HF3O/c1-3-13-33(14-4-2)29(37)22-16-20-7-8-21(17-26(20)32-27(30)18-22)28(36)31-23-9-11-24(12-10-23)34-15-5-6-25(35)19-34;3-2(4,5)1-6/h7-12,16-17,25,35H,3-6,13-15,18-19H2,1-2H3,(H2,30,32)(H,31,36);1H. The number of aldehydes is 1. The first kappa shape index (κ1) is 33.3. The molecule has 12 heteroatoms. The number of amides is 2. The third kappa shape index (κ3) is 9.95. The lowest BCUT2D eigenvalue weighted by Gasteiger charge is -2.32. The molecule has 0 bridgehead atoms. The number of carbonyl (C=O) groups is 3. The van der Waals surface area contributed by atoms with Crippen LogP contribution in [0.5, 0.6) is 0 Å². The Morgan fingerprint density at radius 1 is 1.14 bits per heavy atom. The minimum absolute atomic E-state index is 0.0148. The maximum absolute atomic E-state index is 13.2. The Morgan fingerprint density at radius 2 is 1.79 bits per heavy atom. The Morgan fingerprint density at radius 3 is 2.37 bits per heavy atom. The van der Waals surface area contributed by atoms with Crippen molar-refractivity contribution in [2.75, 3.05) is 36.4 Å². The molecular weight excluding hydrogens is 563 g/mol. The summed E-state index contributed by atoms with van der Waals surface area (Å²) >= 11 is 0. The van der Waals surface area contributed by atoms with Crippen molar-refractivity contribution in [3.63, 3.8) is 0 Å². The number of carbonyl (C=O) groups excluding carboxylic acids is 3. The lowest BCUT2D eigenvalue weighted by molar-refractivity contribution is -0.156. The van der Waals surface area contributed by atoms with E-state index < -0.39 is 12.5 Å². The molecule has 2 aliphatic rings. The molecule has 4 N–H and O–H groups in total. The third-order valence-electron chi connectivity index (χ3n) is 6.83. The number of aliphatic hydroxyl groups is 1. The van der Waals surface area contributed by atoms with Gasteiger partial charge < -0.3 is 26.0 Å². The van der Waals surface area contributed by atoms with E-state index in [0.29, 0.717) is 48.0 Å². The lowest BCUT2D eigenvalue weighted by Crippen LogP contribution is -2.38. The Kier molecular flexibility index (Phi) is 11.9. The molecule has 0 aromatic heterocycles. The molecule has 1 atom stereocenters. The molecule has 2 aromatic carbocycles. The summed E-state index contributed by atoms with van der Waals surface area (Å²) in [7, 11) is 0. The van der Waals surface area contributed by atoms with E-state index in [0.717, 1.165) is 43.5 Å². The van der Waals surface area contributed by atoms with Gasteiger partial charge in [0.2, 0.25) is 12.2 Å². The molecule has 0 spiro atoms. The highest BCUT2D eigenvalue weighted by molar-refractivity contribution is 6.08. The number of nitrogens with zero attached hydrogens (tertiary/aromatic N) is 3. The predicted octanol–water partition coefficient (Wildman–Crippen LogP) is 5.07. The summed E-state index contributed by atoms with van der Waals surface area (Å²) in [6, 6.07) is 12.9. The van der Waals surface area contributed by atoms with Gasteiger partial charge in [-0.15, -0.1) is 0 Å². The summed E-state index contributed by atoms with van der Waals surface area (Å²) in [6.07, 6.45) is -0.294. The maximum atomic E-state index is 13.2. The number of halogens is 3. The summed E-state index contributed by atoms with van der Waals surface area (Å²) in [5, 5.41) is 12.9. The number of hydrogen-bond acceptors (Lipinski definition) is 7. The number of anilines is 2. The molecule has 1 saturated heterocycles. The number of fused-ring (bicyclic) bond motifs is 1. The number of piperidine rings is 1. The molecule has 43 heavy (non-hydrogen) atoms. The molecule has 2 aromatic rings. The van der Waals surface area contributed by atoms with Crippen molar-refractivity contribution >= 4 is 47.1 Å². The van der Waals surface area contributed by atoms with Crippen LogP contribution in [-0.2, 0) is 9.59 Å². The van der Waals surface area contributed by atoms with Gasteiger partial charge in [-0.25, -0.2) is 4.99 Å². The molecule has 2 heterocycles. The minimum Gasteiger partial charge on any atom is -0.391 e. The average Bonchev–Trinajstić information content (AvgIpc) is 3.14. The highest BCUT2D eigenvalue weighted by atomic mass is 19.4. The van der Waals surface area contributed by atoms with Crippen LogP contribution in [0.3, 0.4) is 0 Å². The number of hydrogen-bond donors (Lipinski definition) is 3. The number of aliphatic hydroxyl groups excluding tert-OH is 1. The zero-order valence-electron chi connectivity index (χ0n) is 24.4. The molecule has 0 aliphatic carbocycles. The van der Waals surface area contributed by atoms with Crippen molar-refractivity contribution in [1.29, 1.82) is 0 Å². The number of benzene rings is 2. The Balaban J connectivity index is 0.000000765. The van der Waals surface area contributed by atoms with Gasteiger partial charge in [0.1, 0.15) is 5.84 Å². The van der Waals surface area contributed by atoms with Crippen LogP contribution >= 0.6 is 0 Å². The Bertz CT molecular complexity index is 1340. The van der Waals surface area contributed by atoms with Gasteiger partial charge in [-0.05, 0) is 68.2 Å². The van der Waals surface area contributed by atoms with Crippen LogP contribution in [0, 0.1) is 0 Å². The van der Waals surface area contributed by atoms with Crippen LogP contribution in [0.4, 0.5) is 30.2 Å². The lowest BCUT2D eigenvalue weighted by atomic mass is 10.0. The van der Waals surface area contributed by atoms with Crippen LogP contribution in [-0.4, -0.2) is 72.4 Å². The number of alkyl halides is 3. The van der Waals surface area contributed by atoms with Crippen LogP contribution in [0.2, 0.25) is 0 Å². The van der Waals surface area contributed by atoms with Gasteiger partial charge in [-0.1, -0.05) is 19.9 Å². The molecule has 2 amide bonds. The second kappa shape index (κ2) is 15.3. The van der Waals surface area contributed by atoms with Crippen LogP contribution in [0.1, 0.15) is 61.9 Å². The van der Waals surface area contributed by atoms with Crippen molar-refractivity contribution in [3.05, 3.63) is 59.2 Å². The largest absolute Gasteiger partial charge is 0.446 e. The number of nitrogens with one attached hydrogen (secondary N) is 1. The normalized spacial score (nSPS) is 16.4. The molecule has 9 nitrogen and oxygen atoms in total. The van der Waals surface area contributed by atoms with Crippen molar-refractivity contribution in [2.24, 2.45) is 10.7 Å². The molecule has 4 rings (SSSR count). The molecular formula is C31H38F3N5O4. The van der Waals surface area contributed by atoms with Gasteiger partial charge in [-0.2, -0.15) is 13.2 Å². The molecule has 0 saturated carbocycles. The van der Waals surface area contributed by atoms with E-state index in [2.05, 4.69) is 29.1 Å². The van der Waals surface area contributed by atoms with E-state index in [1.54, 1.807) is 12.1 Å². The fourth-order valence-electron chi connectivity index (χ4n) is 4.88. The van der Waals surface area contributed by atoms with Gasteiger partial charge in [0.25, 0.3) is 5.91 Å². The quantitative estimate of drug-likeness (QED) is 0.363. The first-order valence-electron chi connectivity index (χ1n) is 14.3. The van der Waals surface area contributed by atoms with Crippen molar-refractivity contribution < 1.29 is 32.7 Å². The number of β-amino-alcohol motifs (C(OH)–C–C–N with tert-alkyl or cyclic N) is 1. The summed E-state index contributed by atoms with van der Waals surface area (Å²) in [5.74, 6) is 0.0839. The van der Waals surface area contributed by atoms with E-state index in [4.69, 9.17) is 10.5 Å². The van der Waals surface area contributed by atoms with Gasteiger partial charge in [0.05, 0.1) is 11.8 Å². The second-order valence-corrected chi connectivity index (χ2v) is 10.4. The molecule has 232 valence electrons. The summed E-state index contributed by atoms with van der Waals surface area (Å²) in [4.78, 5) is 43.4. The molecule has 2 aliphatic heterocycles. The zero-order valence-corrected chi connectivity index (χ0v) is 24.4. The number of aliphatic imine (C=N–C) groups is 1. The first-order chi connectivity index (χ1) is 20.4. The second-order valence-electron chi connectivity index (χ2n) is 10.4. The van der Waals surface area contributed by atoms with E-state index in [1.807, 2.05) is 41.3 Å². The summed E-state index contributed by atoms with van der Waals surface area (Å²) < 4.78 is 31.2. The Labute approximate surface area is 249 Å². The predicted molar refractivity (Wildman–Crippen MR) is 161 cm³/mol. The topological polar surface area (TPSA) is 128 Å². The van der Waals surface area contributed by atoms with Crippen LogP contribution < -0.4 is 16.0 Å². The van der Waals surface area contributed by atoms with Crippen molar-refractivity contribution in [1.82, 2.24) is 4.90 Å². The van der Waals surface area contributed by atoms with Gasteiger partial charge in [-0.3, -0.25) is 14.4 Å². The summed E-state index contributed by atoms with van der Waals surface area (Å²) in [6.45, 7) is 7.06. The highest BCUT2D eigenvalue weighted by Crippen LogP contribution is 2.29. The Hall–Kier alpha value is -4.19. The smallest absolute Gasteiger partial charge is 0.391 e. The number of nitrogens with two attached hydrogens (primary N) is 1. The van der Waals surface area contributed by atoms with Gasteiger partial charge in [0, 0.05) is 60.7 Å². The number of amidine groups is 1. The monoisotopic (exact) mass is 601 g/mol. The first-order valence-corrected chi connectivity index (χ1v) is 14.3. The number of rotatable bonds is 8. The average molecular weight is 602 g/mol. The van der Waals surface area contributed by atoms with Crippen molar-refractivity contribution in [3.8, 4) is 0 Å². The van der Waals surface area contributed by atoms with E-state index >= 15 is 0 Å². The molecule has 1 fully saturated rings. The van der Waals surface area contributed by atoms with Crippen LogP contribution in [0.25, 0.3) is 6.08 Å². The van der Waals surface area contributed by atoms with Crippen LogP contribution in [0.15, 0.2) is 53.0 Å². The van der Waals surface area contributed by atoms with Gasteiger partial charge >= 0.3 is 6.18 Å². The SMILES string of the molecule is CCCN(CCC)C(=O)C1=Cc2ccc(C(=O)Nc3ccc(N4CCCC(O)C4)cc3)cc2N=C(N)C1.O=CC(F)(F)F. The third-order valence-corrected chi connectivity index (χ3v) is 6.83. The maximum Gasteiger partial charge on any atom is 0.446 e. The fourth-order valence-corrected chi connectivity index (χ4v) is 4.88.